The summed E-state index contributed by atoms with van der Waals surface area (Å²) >= 11 is 0. The van der Waals surface area contributed by atoms with Gasteiger partial charge in [0, 0.05) is 26.3 Å². The number of halogens is 1. The topological polar surface area (TPSA) is 21.3 Å². The first-order valence-corrected chi connectivity index (χ1v) is 6.11. The monoisotopic (exact) mass is 239 g/mol. The van der Waals surface area contributed by atoms with Crippen molar-refractivity contribution in [1.82, 2.24) is 5.32 Å². The zero-order valence-electron chi connectivity index (χ0n) is 10.9. The van der Waals surface area contributed by atoms with Gasteiger partial charge in [-0.3, -0.25) is 0 Å². The summed E-state index contributed by atoms with van der Waals surface area (Å²) < 4.78 is 18.3. The largest absolute Gasteiger partial charge is 0.385 e. The van der Waals surface area contributed by atoms with Crippen molar-refractivity contribution < 1.29 is 9.13 Å². The number of rotatable bonds is 7. The smallest absolute Gasteiger partial charge is 0.123 e. The van der Waals surface area contributed by atoms with Gasteiger partial charge in [0.1, 0.15) is 5.82 Å². The molecule has 1 rings (SSSR count). The third-order valence-electron chi connectivity index (χ3n) is 2.76. The highest BCUT2D eigenvalue weighted by Gasteiger charge is 2.12. The molecule has 1 N–H and O–H groups in total. The molecule has 0 aliphatic rings. The van der Waals surface area contributed by atoms with Gasteiger partial charge in [0.15, 0.2) is 0 Å². The second-order valence-corrected chi connectivity index (χ2v) is 4.60. The minimum atomic E-state index is -0.172. The van der Waals surface area contributed by atoms with Gasteiger partial charge in [-0.05, 0) is 30.0 Å². The van der Waals surface area contributed by atoms with Crippen molar-refractivity contribution in [1.29, 1.82) is 0 Å². The minimum Gasteiger partial charge on any atom is -0.385 e. The maximum Gasteiger partial charge on any atom is 0.123 e. The van der Waals surface area contributed by atoms with Crippen LogP contribution in [0, 0.1) is 5.82 Å². The maximum atomic E-state index is 13.2. The van der Waals surface area contributed by atoms with Gasteiger partial charge < -0.3 is 10.1 Å². The van der Waals surface area contributed by atoms with E-state index in [0.717, 1.165) is 18.5 Å². The van der Waals surface area contributed by atoms with Crippen LogP contribution in [0.3, 0.4) is 0 Å². The van der Waals surface area contributed by atoms with Gasteiger partial charge in [0.25, 0.3) is 0 Å². The normalized spacial score (nSPS) is 13.0. The number of benzene rings is 1. The molecule has 0 aliphatic heterocycles. The molecule has 96 valence electrons. The highest BCUT2D eigenvalue weighted by Crippen LogP contribution is 2.20. The Balaban J connectivity index is 2.67. The molecule has 0 heterocycles. The molecule has 0 saturated heterocycles. The van der Waals surface area contributed by atoms with Crippen molar-refractivity contribution in [3.8, 4) is 0 Å². The van der Waals surface area contributed by atoms with Crippen LogP contribution in [0.1, 0.15) is 31.7 Å². The quantitative estimate of drug-likeness (QED) is 0.790. The molecular formula is C14H22FNO. The lowest BCUT2D eigenvalue weighted by Crippen LogP contribution is -2.28. The molecule has 0 saturated carbocycles. The summed E-state index contributed by atoms with van der Waals surface area (Å²) in [5.74, 6) is 0.127. The Labute approximate surface area is 103 Å². The molecule has 0 amide bonds. The Bertz CT molecular complexity index is 328. The third kappa shape index (κ3) is 5.29. The maximum absolute atomic E-state index is 13.2. The first kappa shape index (κ1) is 14.1. The molecule has 1 aromatic carbocycles. The number of methoxy groups -OCH3 is 1. The Hall–Kier alpha value is -0.930. The lowest BCUT2D eigenvalue weighted by Gasteiger charge is -2.19. The fraction of sp³-hybridized carbons (Fsp3) is 0.571. The summed E-state index contributed by atoms with van der Waals surface area (Å²) in [6, 6.07) is 7.27. The Morgan fingerprint density at radius 3 is 2.71 bits per heavy atom. The summed E-state index contributed by atoms with van der Waals surface area (Å²) in [5, 5.41) is 3.39. The van der Waals surface area contributed by atoms with Crippen LogP contribution < -0.4 is 5.32 Å². The second kappa shape index (κ2) is 7.41. The molecular weight excluding hydrogens is 217 g/mol. The SMILES string of the molecule is COCCC(CNC(C)C)c1cccc(F)c1. The van der Waals surface area contributed by atoms with Crippen LogP contribution in [0.25, 0.3) is 0 Å². The Morgan fingerprint density at radius 1 is 1.35 bits per heavy atom. The number of nitrogens with one attached hydrogen (secondary N) is 1. The van der Waals surface area contributed by atoms with Crippen LogP contribution in [-0.2, 0) is 4.74 Å². The average molecular weight is 239 g/mol. The lowest BCUT2D eigenvalue weighted by molar-refractivity contribution is 0.186. The van der Waals surface area contributed by atoms with Gasteiger partial charge in [-0.2, -0.15) is 0 Å². The van der Waals surface area contributed by atoms with Gasteiger partial charge in [0.05, 0.1) is 0 Å². The van der Waals surface area contributed by atoms with Crippen LogP contribution >= 0.6 is 0 Å². The third-order valence-corrected chi connectivity index (χ3v) is 2.76. The van der Waals surface area contributed by atoms with Crippen molar-refractivity contribution in [3.05, 3.63) is 35.6 Å². The highest BCUT2D eigenvalue weighted by molar-refractivity contribution is 5.21. The summed E-state index contributed by atoms with van der Waals surface area (Å²) in [6.07, 6.45) is 0.902. The van der Waals surface area contributed by atoms with Gasteiger partial charge in [0.2, 0.25) is 0 Å². The van der Waals surface area contributed by atoms with Crippen LogP contribution in [0.5, 0.6) is 0 Å². The van der Waals surface area contributed by atoms with Crippen molar-refractivity contribution in [3.63, 3.8) is 0 Å². The number of ether oxygens (including phenoxy) is 1. The van der Waals surface area contributed by atoms with E-state index in [1.807, 2.05) is 6.07 Å². The van der Waals surface area contributed by atoms with Crippen molar-refractivity contribution in [2.75, 3.05) is 20.3 Å². The fourth-order valence-corrected chi connectivity index (χ4v) is 1.79. The summed E-state index contributed by atoms with van der Waals surface area (Å²) in [6.45, 7) is 5.77. The summed E-state index contributed by atoms with van der Waals surface area (Å²) in [4.78, 5) is 0. The predicted octanol–water partition coefficient (Wildman–Crippen LogP) is 2.94. The molecule has 0 fully saturated rings. The van der Waals surface area contributed by atoms with Crippen LogP contribution in [-0.4, -0.2) is 26.3 Å². The van der Waals surface area contributed by atoms with Crippen LogP contribution in [0.2, 0.25) is 0 Å². The molecule has 1 atom stereocenters. The zero-order chi connectivity index (χ0) is 12.7. The molecule has 0 spiro atoms. The van der Waals surface area contributed by atoms with Crippen LogP contribution in [0.15, 0.2) is 24.3 Å². The molecule has 17 heavy (non-hydrogen) atoms. The Kier molecular flexibility index (Phi) is 6.16. The number of hydrogen-bond donors (Lipinski definition) is 1. The van der Waals surface area contributed by atoms with E-state index in [0.29, 0.717) is 18.6 Å². The van der Waals surface area contributed by atoms with Crippen molar-refractivity contribution in [2.45, 2.75) is 32.2 Å². The van der Waals surface area contributed by atoms with Gasteiger partial charge in [-0.25, -0.2) is 4.39 Å². The number of hydrogen-bond acceptors (Lipinski definition) is 2. The second-order valence-electron chi connectivity index (χ2n) is 4.60. The van der Waals surface area contributed by atoms with Gasteiger partial charge in [-0.1, -0.05) is 26.0 Å². The highest BCUT2D eigenvalue weighted by atomic mass is 19.1. The standard InChI is InChI=1S/C14H22FNO/c1-11(2)16-10-13(7-8-17-3)12-5-4-6-14(15)9-12/h4-6,9,11,13,16H,7-8,10H2,1-3H3. The van der Waals surface area contributed by atoms with Gasteiger partial charge in [-0.15, -0.1) is 0 Å². The predicted molar refractivity (Wildman–Crippen MR) is 68.8 cm³/mol. The van der Waals surface area contributed by atoms with E-state index in [9.17, 15) is 4.39 Å². The molecule has 0 radical (unpaired) electrons. The molecule has 1 unspecified atom stereocenters. The van der Waals surface area contributed by atoms with E-state index >= 15 is 0 Å². The molecule has 1 aromatic rings. The van der Waals surface area contributed by atoms with E-state index in [4.69, 9.17) is 4.74 Å². The van der Waals surface area contributed by atoms with E-state index in [1.165, 1.54) is 6.07 Å². The van der Waals surface area contributed by atoms with Crippen LogP contribution in [0.4, 0.5) is 4.39 Å². The molecule has 3 heteroatoms. The molecule has 0 bridgehead atoms. The van der Waals surface area contributed by atoms with E-state index in [2.05, 4.69) is 19.2 Å². The average Bonchev–Trinajstić information content (AvgIpc) is 2.29. The fourth-order valence-electron chi connectivity index (χ4n) is 1.79. The zero-order valence-corrected chi connectivity index (χ0v) is 10.9. The van der Waals surface area contributed by atoms with E-state index in [1.54, 1.807) is 19.2 Å². The summed E-state index contributed by atoms with van der Waals surface area (Å²) in [5.41, 5.74) is 1.04. The minimum absolute atomic E-state index is 0.172. The van der Waals surface area contributed by atoms with Crippen molar-refractivity contribution >= 4 is 0 Å². The van der Waals surface area contributed by atoms with Crippen molar-refractivity contribution in [2.24, 2.45) is 0 Å². The summed E-state index contributed by atoms with van der Waals surface area (Å²) in [7, 11) is 1.69. The van der Waals surface area contributed by atoms with E-state index in [-0.39, 0.29) is 5.82 Å². The molecule has 2 nitrogen and oxygen atoms in total. The van der Waals surface area contributed by atoms with Gasteiger partial charge >= 0.3 is 0 Å². The molecule has 0 aliphatic carbocycles. The first-order chi connectivity index (χ1) is 8.13. The molecule has 0 aromatic heterocycles. The van der Waals surface area contributed by atoms with E-state index < -0.39 is 0 Å². The Morgan fingerprint density at radius 2 is 2.12 bits per heavy atom. The first-order valence-electron chi connectivity index (χ1n) is 6.11. The lowest BCUT2D eigenvalue weighted by atomic mass is 9.95.